The van der Waals surface area contributed by atoms with E-state index in [0.717, 1.165) is 53.6 Å². The van der Waals surface area contributed by atoms with Crippen LogP contribution in [-0.2, 0) is 16.1 Å². The number of nitrogens with one attached hydrogen (secondary N) is 1. The lowest BCUT2D eigenvalue weighted by Crippen LogP contribution is -2.36. The van der Waals surface area contributed by atoms with Gasteiger partial charge in [0.1, 0.15) is 10.9 Å². The molecule has 0 spiro atoms. The van der Waals surface area contributed by atoms with E-state index >= 15 is 0 Å². The van der Waals surface area contributed by atoms with Crippen molar-refractivity contribution in [2.24, 2.45) is 0 Å². The van der Waals surface area contributed by atoms with Crippen LogP contribution in [0.1, 0.15) is 24.4 Å². The molecular weight excluding hydrogens is 432 g/mol. The molecule has 3 aromatic rings. The van der Waals surface area contributed by atoms with Crippen molar-refractivity contribution in [3.8, 4) is 0 Å². The summed E-state index contributed by atoms with van der Waals surface area (Å²) in [5.41, 5.74) is 1.80. The summed E-state index contributed by atoms with van der Waals surface area (Å²) in [4.78, 5) is 24.4. The van der Waals surface area contributed by atoms with Gasteiger partial charge in [-0.25, -0.2) is 9.97 Å². The first-order chi connectivity index (χ1) is 15.1. The molecule has 31 heavy (non-hydrogen) atoms. The van der Waals surface area contributed by atoms with Gasteiger partial charge in [-0.1, -0.05) is 59.8 Å². The third-order valence-corrected chi connectivity index (χ3v) is 6.51. The number of ether oxygens (including phenoxy) is 1. The summed E-state index contributed by atoms with van der Waals surface area (Å²) in [6.07, 6.45) is 0. The van der Waals surface area contributed by atoms with Gasteiger partial charge in [-0.2, -0.15) is 0 Å². The predicted octanol–water partition coefficient (Wildman–Crippen LogP) is 4.08. The topological polar surface area (TPSA) is 67.4 Å². The molecule has 0 saturated carbocycles. The van der Waals surface area contributed by atoms with Crippen molar-refractivity contribution in [2.75, 3.05) is 32.1 Å². The van der Waals surface area contributed by atoms with E-state index in [2.05, 4.69) is 10.2 Å². The maximum Gasteiger partial charge on any atom is 0.230 e. The summed E-state index contributed by atoms with van der Waals surface area (Å²) in [5, 5.41) is 5.47. The summed E-state index contributed by atoms with van der Waals surface area (Å²) in [6.45, 7) is 5.84. The van der Waals surface area contributed by atoms with E-state index in [0.29, 0.717) is 11.6 Å². The molecular formula is C23H25ClN4O2S. The van der Waals surface area contributed by atoms with Crippen LogP contribution < -0.4 is 5.32 Å². The normalized spacial score (nSPS) is 15.7. The van der Waals surface area contributed by atoms with Gasteiger partial charge in [0.2, 0.25) is 5.91 Å². The van der Waals surface area contributed by atoms with Crippen LogP contribution in [-0.4, -0.2) is 52.8 Å². The fourth-order valence-corrected chi connectivity index (χ4v) is 4.70. The molecule has 1 N–H and O–H groups in total. The number of para-hydroxylation sites is 1. The summed E-state index contributed by atoms with van der Waals surface area (Å²) in [7, 11) is 0. The predicted molar refractivity (Wildman–Crippen MR) is 124 cm³/mol. The SMILES string of the molecule is C[C@@H](NC(=O)CSc1nc(CN2CCOCC2)nc2ccccc12)c1ccccc1Cl. The number of carbonyl (C=O) groups excluding carboxylic acids is 1. The van der Waals surface area contributed by atoms with Gasteiger partial charge in [-0.3, -0.25) is 9.69 Å². The molecule has 4 rings (SSSR count). The van der Waals surface area contributed by atoms with Crippen LogP contribution in [0.15, 0.2) is 53.6 Å². The van der Waals surface area contributed by atoms with Gasteiger partial charge in [0.05, 0.1) is 37.1 Å². The van der Waals surface area contributed by atoms with Crippen LogP contribution in [0, 0.1) is 0 Å². The van der Waals surface area contributed by atoms with Crippen molar-refractivity contribution in [1.82, 2.24) is 20.2 Å². The number of carbonyl (C=O) groups is 1. The Morgan fingerprint density at radius 3 is 2.71 bits per heavy atom. The third-order valence-electron chi connectivity index (χ3n) is 5.17. The molecule has 1 aromatic heterocycles. The number of halogens is 1. The average Bonchev–Trinajstić information content (AvgIpc) is 2.78. The minimum Gasteiger partial charge on any atom is -0.379 e. The van der Waals surface area contributed by atoms with Crippen molar-refractivity contribution < 1.29 is 9.53 Å². The van der Waals surface area contributed by atoms with E-state index in [1.54, 1.807) is 0 Å². The summed E-state index contributed by atoms with van der Waals surface area (Å²) < 4.78 is 5.43. The molecule has 1 atom stereocenters. The van der Waals surface area contributed by atoms with Crippen molar-refractivity contribution in [1.29, 1.82) is 0 Å². The van der Waals surface area contributed by atoms with Gasteiger partial charge in [-0.05, 0) is 24.6 Å². The lowest BCUT2D eigenvalue weighted by Gasteiger charge is -2.25. The number of amides is 1. The average molecular weight is 457 g/mol. The van der Waals surface area contributed by atoms with E-state index in [1.165, 1.54) is 11.8 Å². The molecule has 8 heteroatoms. The van der Waals surface area contributed by atoms with Gasteiger partial charge >= 0.3 is 0 Å². The molecule has 0 bridgehead atoms. The monoisotopic (exact) mass is 456 g/mol. The molecule has 1 aliphatic rings. The molecule has 1 aliphatic heterocycles. The zero-order valence-corrected chi connectivity index (χ0v) is 19.0. The van der Waals surface area contributed by atoms with E-state index in [4.69, 9.17) is 26.3 Å². The van der Waals surface area contributed by atoms with Crippen molar-refractivity contribution in [3.05, 3.63) is 64.9 Å². The Bertz CT molecular complexity index is 1060. The molecule has 0 unspecified atom stereocenters. The molecule has 1 fully saturated rings. The number of thioether (sulfide) groups is 1. The van der Waals surface area contributed by atoms with Crippen LogP contribution in [0.25, 0.3) is 10.9 Å². The number of nitrogens with zero attached hydrogens (tertiary/aromatic N) is 3. The van der Waals surface area contributed by atoms with Crippen LogP contribution in [0.2, 0.25) is 5.02 Å². The minimum atomic E-state index is -0.166. The number of hydrogen-bond donors (Lipinski definition) is 1. The lowest BCUT2D eigenvalue weighted by molar-refractivity contribution is -0.119. The van der Waals surface area contributed by atoms with Gasteiger partial charge in [0, 0.05) is 23.5 Å². The molecule has 0 aliphatic carbocycles. The molecule has 2 heterocycles. The molecule has 2 aromatic carbocycles. The second-order valence-electron chi connectivity index (χ2n) is 7.45. The van der Waals surface area contributed by atoms with Crippen LogP contribution in [0.5, 0.6) is 0 Å². The molecule has 1 saturated heterocycles. The standard InChI is InChI=1S/C23H25ClN4O2S/c1-16(17-6-2-4-8-19(17)24)25-22(29)15-31-23-18-7-3-5-9-20(18)26-21(27-23)14-28-10-12-30-13-11-28/h2-9,16H,10-15H2,1H3,(H,25,29)/t16-/m1/s1. The first kappa shape index (κ1) is 22.0. The Morgan fingerprint density at radius 2 is 1.90 bits per heavy atom. The number of fused-ring (bicyclic) bond motifs is 1. The third kappa shape index (κ3) is 5.74. The number of hydrogen-bond acceptors (Lipinski definition) is 6. The highest BCUT2D eigenvalue weighted by atomic mass is 35.5. The van der Waals surface area contributed by atoms with E-state index in [-0.39, 0.29) is 17.7 Å². The Morgan fingerprint density at radius 1 is 1.16 bits per heavy atom. The lowest BCUT2D eigenvalue weighted by atomic mass is 10.1. The fourth-order valence-electron chi connectivity index (χ4n) is 3.55. The van der Waals surface area contributed by atoms with Crippen molar-refractivity contribution in [3.63, 3.8) is 0 Å². The van der Waals surface area contributed by atoms with Crippen LogP contribution >= 0.6 is 23.4 Å². The molecule has 6 nitrogen and oxygen atoms in total. The fraction of sp³-hybridized carbons (Fsp3) is 0.348. The second-order valence-corrected chi connectivity index (χ2v) is 8.82. The number of benzene rings is 2. The Kier molecular flexibility index (Phi) is 7.40. The zero-order chi connectivity index (χ0) is 21.6. The van der Waals surface area contributed by atoms with Gasteiger partial charge in [0.15, 0.2) is 0 Å². The maximum atomic E-state index is 12.6. The van der Waals surface area contributed by atoms with Gasteiger partial charge in [0.25, 0.3) is 0 Å². The van der Waals surface area contributed by atoms with Crippen LogP contribution in [0.4, 0.5) is 0 Å². The number of morpholine rings is 1. The number of rotatable bonds is 7. The highest BCUT2D eigenvalue weighted by molar-refractivity contribution is 8.00. The number of aromatic nitrogens is 2. The first-order valence-corrected chi connectivity index (χ1v) is 11.7. The molecule has 0 radical (unpaired) electrons. The summed E-state index contributed by atoms with van der Waals surface area (Å²) in [5.74, 6) is 0.982. The van der Waals surface area contributed by atoms with Gasteiger partial charge < -0.3 is 10.1 Å². The van der Waals surface area contributed by atoms with E-state index < -0.39 is 0 Å². The molecule has 1 amide bonds. The Labute approximate surface area is 191 Å². The quantitative estimate of drug-likeness (QED) is 0.426. The Hall–Kier alpha value is -2.19. The smallest absolute Gasteiger partial charge is 0.230 e. The zero-order valence-electron chi connectivity index (χ0n) is 17.4. The largest absolute Gasteiger partial charge is 0.379 e. The maximum absolute atomic E-state index is 12.6. The van der Waals surface area contributed by atoms with Crippen LogP contribution in [0.3, 0.4) is 0 Å². The highest BCUT2D eigenvalue weighted by Gasteiger charge is 2.16. The summed E-state index contributed by atoms with van der Waals surface area (Å²) >= 11 is 7.69. The van der Waals surface area contributed by atoms with E-state index in [1.807, 2.05) is 55.5 Å². The molecule has 162 valence electrons. The van der Waals surface area contributed by atoms with Crippen molar-refractivity contribution in [2.45, 2.75) is 24.5 Å². The van der Waals surface area contributed by atoms with Gasteiger partial charge in [-0.15, -0.1) is 0 Å². The van der Waals surface area contributed by atoms with E-state index in [9.17, 15) is 4.79 Å². The second kappa shape index (κ2) is 10.4. The summed E-state index contributed by atoms with van der Waals surface area (Å²) in [6, 6.07) is 15.3. The minimum absolute atomic E-state index is 0.0603. The highest BCUT2D eigenvalue weighted by Crippen LogP contribution is 2.26. The van der Waals surface area contributed by atoms with Crippen molar-refractivity contribution >= 4 is 40.2 Å². The first-order valence-electron chi connectivity index (χ1n) is 10.3. The Balaban J connectivity index is 1.45.